The van der Waals surface area contributed by atoms with Crippen molar-refractivity contribution in [1.29, 1.82) is 0 Å². The lowest BCUT2D eigenvalue weighted by Gasteiger charge is -2.29. The zero-order valence-electron chi connectivity index (χ0n) is 16.1. The van der Waals surface area contributed by atoms with E-state index in [1.807, 2.05) is 32.0 Å². The van der Waals surface area contributed by atoms with Crippen LogP contribution in [-0.4, -0.2) is 15.7 Å². The topological polar surface area (TPSA) is 17.8 Å². The maximum atomic E-state index is 14.9. The van der Waals surface area contributed by atoms with Gasteiger partial charge < -0.3 is 0 Å². The quantitative estimate of drug-likeness (QED) is 0.543. The number of hydrogen-bond acceptors (Lipinski definition) is 1. The van der Waals surface area contributed by atoms with Gasteiger partial charge in [-0.25, -0.2) is 18.2 Å². The summed E-state index contributed by atoms with van der Waals surface area (Å²) < 4.78 is 45.1. The molecule has 0 aliphatic heterocycles. The summed E-state index contributed by atoms with van der Waals surface area (Å²) in [5.74, 6) is -1.16. The van der Waals surface area contributed by atoms with Crippen LogP contribution >= 0.6 is 0 Å². The zero-order chi connectivity index (χ0) is 19.9. The van der Waals surface area contributed by atoms with E-state index in [0.29, 0.717) is 5.82 Å². The van der Waals surface area contributed by atoms with E-state index >= 15 is 0 Å². The van der Waals surface area contributed by atoms with E-state index in [1.165, 1.54) is 13.0 Å². The van der Waals surface area contributed by atoms with E-state index in [2.05, 4.69) is 4.98 Å². The number of para-hydroxylation sites is 1. The predicted octanol–water partition coefficient (Wildman–Crippen LogP) is 6.07. The largest absolute Gasteiger partial charge is 0.299 e. The van der Waals surface area contributed by atoms with Crippen molar-refractivity contribution in [3.05, 3.63) is 71.1 Å². The van der Waals surface area contributed by atoms with Crippen LogP contribution in [0.2, 0.25) is 0 Å². The lowest BCUT2D eigenvalue weighted by molar-refractivity contribution is 0.236. The number of imidazole rings is 1. The third kappa shape index (κ3) is 3.27. The summed E-state index contributed by atoms with van der Waals surface area (Å²) >= 11 is 0. The summed E-state index contributed by atoms with van der Waals surface area (Å²) in [6.07, 6.45) is 2.00. The van der Waals surface area contributed by atoms with Crippen LogP contribution in [0.4, 0.5) is 13.2 Å². The number of halogens is 3. The molecule has 1 heterocycles. The van der Waals surface area contributed by atoms with Gasteiger partial charge in [-0.3, -0.25) is 4.57 Å². The van der Waals surface area contributed by atoms with Crippen LogP contribution in [0.3, 0.4) is 0 Å². The number of nitrogens with zero attached hydrogens (tertiary/aromatic N) is 2. The molecule has 0 fully saturated rings. The van der Waals surface area contributed by atoms with Crippen molar-refractivity contribution in [1.82, 2.24) is 9.55 Å². The van der Waals surface area contributed by atoms with Gasteiger partial charge in [0.2, 0.25) is 0 Å². The molecule has 0 radical (unpaired) electrons. The lowest BCUT2D eigenvalue weighted by atomic mass is 9.78. The number of aromatic nitrogens is 2. The van der Waals surface area contributed by atoms with E-state index < -0.39 is 23.2 Å². The number of hydrogen-bond donors (Lipinski definition) is 0. The molecule has 3 aromatic rings. The Bertz CT molecular complexity index is 967. The van der Waals surface area contributed by atoms with Gasteiger partial charge in [0.15, 0.2) is 0 Å². The molecule has 2 nitrogen and oxygen atoms in total. The van der Waals surface area contributed by atoms with Crippen LogP contribution in [0.25, 0.3) is 17.1 Å². The van der Waals surface area contributed by atoms with Gasteiger partial charge in [-0.2, -0.15) is 0 Å². The lowest BCUT2D eigenvalue weighted by Crippen LogP contribution is -2.29. The molecule has 0 saturated heterocycles. The Hall–Kier alpha value is -2.56. The van der Waals surface area contributed by atoms with Gasteiger partial charge in [0.05, 0.1) is 11.3 Å². The highest BCUT2D eigenvalue weighted by Gasteiger charge is 2.34. The van der Waals surface area contributed by atoms with Gasteiger partial charge in [-0.1, -0.05) is 32.0 Å². The Labute approximate surface area is 157 Å². The Morgan fingerprint density at radius 2 is 1.70 bits per heavy atom. The minimum absolute atomic E-state index is 0.124. The van der Waals surface area contributed by atoms with Crippen molar-refractivity contribution in [2.24, 2.45) is 0 Å². The van der Waals surface area contributed by atoms with Crippen molar-refractivity contribution < 1.29 is 13.2 Å². The molecule has 2 aromatic carbocycles. The van der Waals surface area contributed by atoms with Crippen LogP contribution < -0.4 is 0 Å². The summed E-state index contributed by atoms with van der Waals surface area (Å²) in [5, 5.41) is 0. The van der Waals surface area contributed by atoms with Crippen LogP contribution in [0.15, 0.2) is 42.7 Å². The molecule has 1 atom stereocenters. The average Bonchev–Trinajstić information content (AvgIpc) is 3.02. The van der Waals surface area contributed by atoms with Crippen LogP contribution in [0.5, 0.6) is 0 Å². The summed E-state index contributed by atoms with van der Waals surface area (Å²) in [6, 6.07) is 7.89. The van der Waals surface area contributed by atoms with Crippen molar-refractivity contribution >= 4 is 0 Å². The van der Waals surface area contributed by atoms with E-state index in [0.717, 1.165) is 22.9 Å². The summed E-state index contributed by atoms with van der Waals surface area (Å²) in [7, 11) is 0. The van der Waals surface area contributed by atoms with Gasteiger partial charge in [-0.05, 0) is 43.5 Å². The van der Waals surface area contributed by atoms with E-state index in [4.69, 9.17) is 0 Å². The fourth-order valence-electron chi connectivity index (χ4n) is 3.38. The number of aryl methyl sites for hydroxylation is 2. The minimum Gasteiger partial charge on any atom is -0.299 e. The highest BCUT2D eigenvalue weighted by Crippen LogP contribution is 2.39. The van der Waals surface area contributed by atoms with Crippen molar-refractivity contribution in [2.45, 2.75) is 46.2 Å². The monoisotopic (exact) mass is 372 g/mol. The maximum Gasteiger partial charge on any atom is 0.147 e. The highest BCUT2D eigenvalue weighted by atomic mass is 19.1. The first kappa shape index (κ1) is 19.2. The Morgan fingerprint density at radius 1 is 1.07 bits per heavy atom. The van der Waals surface area contributed by atoms with Gasteiger partial charge in [0.1, 0.15) is 23.6 Å². The molecule has 1 aromatic heterocycles. The molecule has 0 unspecified atom stereocenters. The van der Waals surface area contributed by atoms with Crippen LogP contribution in [0.1, 0.15) is 37.5 Å². The molecule has 3 rings (SSSR count). The van der Waals surface area contributed by atoms with Gasteiger partial charge in [-0.15, -0.1) is 0 Å². The third-order valence-electron chi connectivity index (χ3n) is 5.29. The molecule has 0 aliphatic rings. The molecular weight excluding hydrogens is 349 g/mol. The number of alkyl halides is 1. The highest BCUT2D eigenvalue weighted by molar-refractivity contribution is 5.67. The molecule has 0 amide bonds. The molecule has 0 N–H and O–H groups in total. The fraction of sp³-hybridized carbons (Fsp3) is 0.318. The first-order chi connectivity index (χ1) is 12.6. The Balaban J connectivity index is 2.34. The third-order valence-corrected chi connectivity index (χ3v) is 5.29. The van der Waals surface area contributed by atoms with Gasteiger partial charge in [0, 0.05) is 23.9 Å². The standard InChI is InChI=1S/C22H23F3N2/c1-13-7-6-8-14(2)20(13)27-10-9-26-21(27)19-17(22(4,5)15(3)23)11-16(24)12-18(19)25/h6-12,15H,1-5H3/t15-/m0/s1. The summed E-state index contributed by atoms with van der Waals surface area (Å²) in [5.41, 5.74) is 2.17. The first-order valence-corrected chi connectivity index (χ1v) is 8.88. The number of benzene rings is 2. The molecule has 0 aliphatic carbocycles. The van der Waals surface area contributed by atoms with E-state index in [1.54, 1.807) is 30.8 Å². The van der Waals surface area contributed by atoms with Crippen LogP contribution in [-0.2, 0) is 5.41 Å². The maximum absolute atomic E-state index is 14.9. The summed E-state index contributed by atoms with van der Waals surface area (Å²) in [4.78, 5) is 4.35. The second-order valence-electron chi connectivity index (χ2n) is 7.51. The molecule has 0 saturated carbocycles. The second-order valence-corrected chi connectivity index (χ2v) is 7.51. The van der Waals surface area contributed by atoms with E-state index in [-0.39, 0.29) is 11.1 Å². The smallest absolute Gasteiger partial charge is 0.147 e. The normalized spacial score (nSPS) is 13.0. The molecule has 142 valence electrons. The molecule has 0 bridgehead atoms. The predicted molar refractivity (Wildman–Crippen MR) is 102 cm³/mol. The Morgan fingerprint density at radius 3 is 2.30 bits per heavy atom. The Kier molecular flexibility index (Phi) is 4.89. The molecule has 5 heteroatoms. The number of rotatable bonds is 4. The van der Waals surface area contributed by atoms with Gasteiger partial charge in [0.25, 0.3) is 0 Å². The second kappa shape index (κ2) is 6.87. The van der Waals surface area contributed by atoms with Crippen LogP contribution in [0, 0.1) is 25.5 Å². The van der Waals surface area contributed by atoms with Crippen molar-refractivity contribution in [3.8, 4) is 17.1 Å². The fourth-order valence-corrected chi connectivity index (χ4v) is 3.38. The zero-order valence-corrected chi connectivity index (χ0v) is 16.1. The molecular formula is C22H23F3N2. The minimum atomic E-state index is -1.30. The van der Waals surface area contributed by atoms with Crippen molar-refractivity contribution in [2.75, 3.05) is 0 Å². The van der Waals surface area contributed by atoms with E-state index in [9.17, 15) is 13.2 Å². The van der Waals surface area contributed by atoms with Gasteiger partial charge >= 0.3 is 0 Å². The molecule has 0 spiro atoms. The SMILES string of the molecule is Cc1cccc(C)c1-n1ccnc1-c1c(F)cc(F)cc1C(C)(C)[C@H](C)F. The molecule has 27 heavy (non-hydrogen) atoms. The van der Waals surface area contributed by atoms with Crippen molar-refractivity contribution in [3.63, 3.8) is 0 Å². The summed E-state index contributed by atoms with van der Waals surface area (Å²) in [6.45, 7) is 8.59. The first-order valence-electron chi connectivity index (χ1n) is 8.88. The average molecular weight is 372 g/mol.